The molecule has 0 aliphatic carbocycles. The van der Waals surface area contributed by atoms with Gasteiger partial charge in [-0.15, -0.1) is 0 Å². The van der Waals surface area contributed by atoms with E-state index in [1.54, 1.807) is 17.2 Å². The predicted octanol–water partition coefficient (Wildman–Crippen LogP) is 3.01. The van der Waals surface area contributed by atoms with Crippen LogP contribution in [0, 0.1) is 6.92 Å². The van der Waals surface area contributed by atoms with Gasteiger partial charge in [0.25, 0.3) is 5.91 Å². The first-order valence-electron chi connectivity index (χ1n) is 7.04. The molecule has 106 valence electrons. The number of nitrogens with zero attached hydrogens (tertiary/aromatic N) is 2. The average Bonchev–Trinajstić information content (AvgIpc) is 2.67. The van der Waals surface area contributed by atoms with E-state index in [0.717, 1.165) is 5.56 Å². The highest BCUT2D eigenvalue weighted by Gasteiger charge is 2.26. The van der Waals surface area contributed by atoms with Gasteiger partial charge >= 0.3 is 0 Å². The molecule has 2 heterocycles. The number of Topliss-reactive ketones (excluding diaryl/α,β-unsaturated/α-hetero) is 1. The van der Waals surface area contributed by atoms with Crippen molar-refractivity contribution in [2.75, 3.05) is 11.4 Å². The van der Waals surface area contributed by atoms with Gasteiger partial charge in [-0.05, 0) is 37.1 Å². The van der Waals surface area contributed by atoms with E-state index >= 15 is 0 Å². The first-order chi connectivity index (χ1) is 10.2. The normalized spacial score (nSPS) is 14.5. The third kappa shape index (κ3) is 2.44. The quantitative estimate of drug-likeness (QED) is 0.806. The van der Waals surface area contributed by atoms with E-state index in [-0.39, 0.29) is 11.7 Å². The summed E-state index contributed by atoms with van der Waals surface area (Å²) in [4.78, 5) is 30.8. The Morgan fingerprint density at radius 2 is 2.00 bits per heavy atom. The fraction of sp³-hybridized carbons (Fsp3) is 0.235. The molecule has 0 spiro atoms. The fourth-order valence-corrected chi connectivity index (χ4v) is 2.65. The van der Waals surface area contributed by atoms with E-state index < -0.39 is 0 Å². The number of carbonyl (C=O) groups is 2. The molecule has 0 fully saturated rings. The number of benzene rings is 1. The maximum atomic E-state index is 12.8. The average molecular weight is 280 g/mol. The van der Waals surface area contributed by atoms with Crippen molar-refractivity contribution in [3.8, 4) is 0 Å². The zero-order valence-corrected chi connectivity index (χ0v) is 11.9. The Morgan fingerprint density at radius 1 is 1.19 bits per heavy atom. The lowest BCUT2D eigenvalue weighted by Crippen LogP contribution is -2.33. The summed E-state index contributed by atoms with van der Waals surface area (Å²) in [6.45, 7) is 2.41. The molecule has 0 radical (unpaired) electrons. The van der Waals surface area contributed by atoms with Gasteiger partial charge < -0.3 is 4.90 Å². The number of ketones is 1. The van der Waals surface area contributed by atoms with Gasteiger partial charge in [0.05, 0.1) is 5.69 Å². The highest BCUT2D eigenvalue weighted by atomic mass is 16.2. The van der Waals surface area contributed by atoms with E-state index in [2.05, 4.69) is 4.98 Å². The van der Waals surface area contributed by atoms with Gasteiger partial charge in [0, 0.05) is 24.7 Å². The summed E-state index contributed by atoms with van der Waals surface area (Å²) in [6.07, 6.45) is 2.77. The highest BCUT2D eigenvalue weighted by molar-refractivity contribution is 6.11. The summed E-state index contributed by atoms with van der Waals surface area (Å²) >= 11 is 0. The fourth-order valence-electron chi connectivity index (χ4n) is 2.65. The largest absolute Gasteiger partial charge is 0.306 e. The van der Waals surface area contributed by atoms with E-state index in [0.29, 0.717) is 36.3 Å². The standard InChI is InChI=1S/C17H16N2O2/c1-12-6-4-10-18-16(12)17(21)19-11-5-9-15(20)13-7-2-3-8-14(13)19/h2-4,6-8,10H,5,9,11H2,1H3. The lowest BCUT2D eigenvalue weighted by Gasteiger charge is -2.22. The number of rotatable bonds is 1. The molecule has 1 aromatic heterocycles. The SMILES string of the molecule is Cc1cccnc1C(=O)N1CCCC(=O)c2ccccc21. The Balaban J connectivity index is 2.06. The minimum Gasteiger partial charge on any atom is -0.306 e. The molecule has 21 heavy (non-hydrogen) atoms. The zero-order chi connectivity index (χ0) is 14.8. The lowest BCUT2D eigenvalue weighted by molar-refractivity contribution is 0.0971. The molecule has 0 bridgehead atoms. The molecule has 4 heteroatoms. The van der Waals surface area contributed by atoms with Gasteiger partial charge in [0.2, 0.25) is 0 Å². The molecule has 0 atom stereocenters. The molecule has 1 amide bonds. The van der Waals surface area contributed by atoms with Crippen molar-refractivity contribution in [3.05, 3.63) is 59.4 Å². The summed E-state index contributed by atoms with van der Waals surface area (Å²) in [5.74, 6) is -0.0473. The Bertz CT molecular complexity index is 709. The maximum absolute atomic E-state index is 12.8. The monoisotopic (exact) mass is 280 g/mol. The topological polar surface area (TPSA) is 50.3 Å². The van der Waals surface area contributed by atoms with Crippen LogP contribution in [0.1, 0.15) is 39.3 Å². The van der Waals surface area contributed by atoms with Crippen molar-refractivity contribution >= 4 is 17.4 Å². The molecule has 0 unspecified atom stereocenters. The van der Waals surface area contributed by atoms with Crippen LogP contribution in [-0.2, 0) is 0 Å². The third-order valence-corrected chi connectivity index (χ3v) is 3.74. The Hall–Kier alpha value is -2.49. The number of fused-ring (bicyclic) bond motifs is 1. The van der Waals surface area contributed by atoms with E-state index in [9.17, 15) is 9.59 Å². The van der Waals surface area contributed by atoms with Crippen LogP contribution in [0.25, 0.3) is 0 Å². The smallest absolute Gasteiger partial charge is 0.277 e. The first kappa shape index (κ1) is 13.5. The van der Waals surface area contributed by atoms with Crippen LogP contribution >= 0.6 is 0 Å². The van der Waals surface area contributed by atoms with Crippen molar-refractivity contribution in [1.29, 1.82) is 0 Å². The number of amides is 1. The summed E-state index contributed by atoms with van der Waals surface area (Å²) in [5, 5.41) is 0. The number of aryl methyl sites for hydroxylation is 1. The van der Waals surface area contributed by atoms with Crippen LogP contribution < -0.4 is 4.90 Å². The van der Waals surface area contributed by atoms with Crippen molar-refractivity contribution in [1.82, 2.24) is 4.98 Å². The molecule has 0 N–H and O–H groups in total. The van der Waals surface area contributed by atoms with Crippen LogP contribution in [-0.4, -0.2) is 23.2 Å². The number of aromatic nitrogens is 1. The number of hydrogen-bond donors (Lipinski definition) is 0. The lowest BCUT2D eigenvalue weighted by atomic mass is 10.1. The Kier molecular flexibility index (Phi) is 3.52. The van der Waals surface area contributed by atoms with Gasteiger partial charge in [-0.25, -0.2) is 0 Å². The molecule has 1 aliphatic heterocycles. The minimum absolute atomic E-state index is 0.0960. The van der Waals surface area contributed by atoms with E-state index in [4.69, 9.17) is 0 Å². The number of para-hydroxylation sites is 1. The van der Waals surface area contributed by atoms with Crippen molar-refractivity contribution < 1.29 is 9.59 Å². The van der Waals surface area contributed by atoms with Crippen molar-refractivity contribution in [3.63, 3.8) is 0 Å². The molecule has 4 nitrogen and oxygen atoms in total. The second kappa shape index (κ2) is 5.48. The second-order valence-electron chi connectivity index (χ2n) is 5.17. The van der Waals surface area contributed by atoms with Crippen molar-refractivity contribution in [2.45, 2.75) is 19.8 Å². The van der Waals surface area contributed by atoms with Gasteiger partial charge in [-0.1, -0.05) is 18.2 Å². The predicted molar refractivity (Wildman–Crippen MR) is 80.7 cm³/mol. The van der Waals surface area contributed by atoms with Crippen LogP contribution in [0.4, 0.5) is 5.69 Å². The third-order valence-electron chi connectivity index (χ3n) is 3.74. The van der Waals surface area contributed by atoms with Crippen LogP contribution in [0.3, 0.4) is 0 Å². The van der Waals surface area contributed by atoms with E-state index in [1.807, 2.05) is 37.3 Å². The Labute approximate surface area is 123 Å². The van der Waals surface area contributed by atoms with Crippen molar-refractivity contribution in [2.24, 2.45) is 0 Å². The number of pyridine rings is 1. The number of anilines is 1. The molecular weight excluding hydrogens is 264 g/mol. The van der Waals surface area contributed by atoms with Crippen LogP contribution in [0.2, 0.25) is 0 Å². The van der Waals surface area contributed by atoms with Gasteiger partial charge in [-0.3, -0.25) is 14.6 Å². The molecule has 2 aromatic rings. The summed E-state index contributed by atoms with van der Waals surface area (Å²) in [5.41, 5.74) is 2.60. The second-order valence-corrected chi connectivity index (χ2v) is 5.17. The number of hydrogen-bond acceptors (Lipinski definition) is 3. The van der Waals surface area contributed by atoms with Gasteiger partial charge in [0.1, 0.15) is 5.69 Å². The molecular formula is C17H16N2O2. The molecule has 0 saturated carbocycles. The maximum Gasteiger partial charge on any atom is 0.277 e. The molecule has 1 aromatic carbocycles. The summed E-state index contributed by atoms with van der Waals surface area (Å²) < 4.78 is 0. The highest BCUT2D eigenvalue weighted by Crippen LogP contribution is 2.27. The van der Waals surface area contributed by atoms with Crippen LogP contribution in [0.15, 0.2) is 42.6 Å². The zero-order valence-electron chi connectivity index (χ0n) is 11.9. The minimum atomic E-state index is -0.143. The van der Waals surface area contributed by atoms with E-state index in [1.165, 1.54) is 0 Å². The first-order valence-corrected chi connectivity index (χ1v) is 7.04. The number of carbonyl (C=O) groups excluding carboxylic acids is 2. The molecule has 3 rings (SSSR count). The molecule has 0 saturated heterocycles. The summed E-state index contributed by atoms with van der Waals surface area (Å²) in [6, 6.07) is 11.0. The van der Waals surface area contributed by atoms with Gasteiger partial charge in [0.15, 0.2) is 5.78 Å². The molecule has 1 aliphatic rings. The summed E-state index contributed by atoms with van der Waals surface area (Å²) in [7, 11) is 0. The Morgan fingerprint density at radius 3 is 2.81 bits per heavy atom. The van der Waals surface area contributed by atoms with Crippen LogP contribution in [0.5, 0.6) is 0 Å². The van der Waals surface area contributed by atoms with Gasteiger partial charge in [-0.2, -0.15) is 0 Å².